The van der Waals surface area contributed by atoms with Crippen molar-refractivity contribution in [2.24, 2.45) is 0 Å². The minimum Gasteiger partial charge on any atom is -1.00 e. The zero-order valence-corrected chi connectivity index (χ0v) is 36.8. The van der Waals surface area contributed by atoms with Crippen molar-refractivity contribution in [1.29, 1.82) is 0 Å². The zero-order valence-electron chi connectivity index (χ0n) is 32.8. The molecule has 7 aromatic carbocycles. The zero-order chi connectivity index (χ0) is 37.3. The molecule has 0 atom stereocenters. The fourth-order valence-electron chi connectivity index (χ4n) is 6.31. The van der Waals surface area contributed by atoms with Crippen molar-refractivity contribution < 1.29 is 47.1 Å². The van der Waals surface area contributed by atoms with Gasteiger partial charge in [0.1, 0.15) is 0 Å². The monoisotopic (exact) mass is 834 g/mol. The van der Waals surface area contributed by atoms with Crippen LogP contribution in [0.2, 0.25) is 0 Å². The average Bonchev–Trinajstić information content (AvgIpc) is 3.88. The predicted molar refractivity (Wildman–Crippen MR) is 230 cm³/mol. The number of rotatable bonds is 4. The van der Waals surface area contributed by atoms with Gasteiger partial charge in [-0.2, -0.15) is 6.08 Å². The Morgan fingerprint density at radius 1 is 0.509 bits per heavy atom. The molecule has 7 aromatic rings. The molecule has 0 radical (unpaired) electrons. The van der Waals surface area contributed by atoms with Gasteiger partial charge >= 0.3 is 172 Å². The Labute approximate surface area is 352 Å². The van der Waals surface area contributed by atoms with E-state index in [0.29, 0.717) is 0 Å². The maximum Gasteiger partial charge on any atom is -1.00 e. The number of hydrogen-bond donors (Lipinski definition) is 0. The fourth-order valence-corrected chi connectivity index (χ4v) is 8.41. The van der Waals surface area contributed by atoms with E-state index in [-0.39, 0.29) is 35.6 Å². The van der Waals surface area contributed by atoms with Crippen LogP contribution in [0, 0.1) is 6.08 Å². The van der Waals surface area contributed by atoms with Crippen molar-refractivity contribution in [2.75, 3.05) is 0 Å². The van der Waals surface area contributed by atoms with Gasteiger partial charge in [0.15, 0.2) is 0 Å². The van der Waals surface area contributed by atoms with Gasteiger partial charge < -0.3 is 24.8 Å². The van der Waals surface area contributed by atoms with Crippen LogP contribution in [-0.4, -0.2) is 7.42 Å². The molecule has 0 fully saturated rings. The number of halogens is 2. The molecule has 280 valence electrons. The molecule has 1 aliphatic carbocycles. The molecule has 0 aromatic heterocycles. The van der Waals surface area contributed by atoms with Crippen molar-refractivity contribution in [3.63, 3.8) is 0 Å². The SMILES string of the molecule is CC(C)(C)c1ccc2[cH-]c3ccc(C(C)(C)C)cc3c2c1.[C-]1=CC=CC1.[CH](=[Zr]=[CH]c1ccc(-c2ccccc2)cc1)c1ccc(-c2ccccc2)cc1.[Cl-].[Cl-]. The van der Waals surface area contributed by atoms with Gasteiger partial charge in [0, 0.05) is 0 Å². The van der Waals surface area contributed by atoms with Gasteiger partial charge in [0.05, 0.1) is 0 Å². The van der Waals surface area contributed by atoms with Gasteiger partial charge in [-0.3, -0.25) is 6.08 Å². The van der Waals surface area contributed by atoms with Crippen LogP contribution in [0.4, 0.5) is 0 Å². The molecule has 0 spiro atoms. The van der Waals surface area contributed by atoms with Gasteiger partial charge in [-0.15, -0.1) is 46.2 Å². The topological polar surface area (TPSA) is 0 Å². The molecule has 55 heavy (non-hydrogen) atoms. The third-order valence-electron chi connectivity index (χ3n) is 9.56. The first-order chi connectivity index (χ1) is 25.5. The summed E-state index contributed by atoms with van der Waals surface area (Å²) in [7, 11) is 0. The molecule has 0 bridgehead atoms. The van der Waals surface area contributed by atoms with Crippen molar-refractivity contribution in [3.05, 3.63) is 198 Å². The molecule has 0 N–H and O–H groups in total. The summed E-state index contributed by atoms with van der Waals surface area (Å²) in [5, 5.41) is 5.49. The summed E-state index contributed by atoms with van der Waals surface area (Å²) in [6.07, 6.45) is 10.0. The second-order valence-electron chi connectivity index (χ2n) is 15.7. The molecule has 0 aliphatic heterocycles. The fraction of sp³-hybridized carbons (Fsp3) is 0.173. The molecular formula is C52H50Cl2Zr-4. The predicted octanol–water partition coefficient (Wildman–Crippen LogP) is 7.72. The smallest absolute Gasteiger partial charge is 1.00 e. The van der Waals surface area contributed by atoms with Gasteiger partial charge in [-0.1, -0.05) is 76.9 Å². The molecule has 0 unspecified atom stereocenters. The molecule has 1 aliphatic rings. The normalized spacial score (nSPS) is 11.6. The van der Waals surface area contributed by atoms with E-state index in [2.05, 4.69) is 213 Å². The van der Waals surface area contributed by atoms with E-state index in [4.69, 9.17) is 0 Å². The second kappa shape index (κ2) is 20.2. The van der Waals surface area contributed by atoms with E-state index in [1.807, 2.05) is 12.2 Å². The number of fused-ring (bicyclic) bond motifs is 3. The van der Waals surface area contributed by atoms with Gasteiger partial charge in [-0.25, -0.2) is 12.2 Å². The van der Waals surface area contributed by atoms with Gasteiger partial charge in [0.2, 0.25) is 0 Å². The Morgan fingerprint density at radius 3 is 1.24 bits per heavy atom. The molecule has 0 nitrogen and oxygen atoms in total. The molecule has 3 heteroatoms. The van der Waals surface area contributed by atoms with Crippen LogP contribution in [0.3, 0.4) is 0 Å². The van der Waals surface area contributed by atoms with Crippen LogP contribution >= 0.6 is 0 Å². The number of benzene rings is 6. The first-order valence-electron chi connectivity index (χ1n) is 18.6. The van der Waals surface area contributed by atoms with E-state index >= 15 is 0 Å². The van der Waals surface area contributed by atoms with E-state index < -0.39 is 22.3 Å². The van der Waals surface area contributed by atoms with Crippen molar-refractivity contribution in [1.82, 2.24) is 0 Å². The maximum atomic E-state index is 2.99. The first kappa shape index (κ1) is 43.6. The van der Waals surface area contributed by atoms with E-state index in [1.54, 1.807) is 0 Å². The molecule has 0 amide bonds. The van der Waals surface area contributed by atoms with Crippen LogP contribution in [0.1, 0.15) is 70.2 Å². The van der Waals surface area contributed by atoms with Crippen LogP contribution in [0.15, 0.2) is 170 Å². The Kier molecular flexibility index (Phi) is 16.0. The van der Waals surface area contributed by atoms with E-state index in [1.165, 1.54) is 66.1 Å². The van der Waals surface area contributed by atoms with Crippen LogP contribution in [-0.2, 0) is 33.1 Å². The van der Waals surface area contributed by atoms with Crippen molar-refractivity contribution >= 4 is 29.0 Å². The quantitative estimate of drug-likeness (QED) is 0.160. The van der Waals surface area contributed by atoms with Crippen molar-refractivity contribution in [3.8, 4) is 22.3 Å². The van der Waals surface area contributed by atoms with Gasteiger partial charge in [0.25, 0.3) is 0 Å². The van der Waals surface area contributed by atoms with Gasteiger partial charge in [-0.05, 0) is 10.8 Å². The Bertz CT molecular complexity index is 2210. The molecule has 0 heterocycles. The molecular weight excluding hydrogens is 787 g/mol. The minimum atomic E-state index is -0.679. The number of hydrogen-bond acceptors (Lipinski definition) is 0. The van der Waals surface area contributed by atoms with Crippen LogP contribution < -0.4 is 24.8 Å². The second-order valence-corrected chi connectivity index (χ2v) is 17.9. The third-order valence-corrected chi connectivity index (χ3v) is 12.0. The summed E-state index contributed by atoms with van der Waals surface area (Å²) >= 11 is -0.679. The molecule has 0 saturated carbocycles. The Morgan fingerprint density at radius 2 is 0.909 bits per heavy atom. The minimum absolute atomic E-state index is 0. The number of allylic oxidation sites excluding steroid dienone is 4. The summed E-state index contributed by atoms with van der Waals surface area (Å²) in [4.78, 5) is 0. The average molecular weight is 837 g/mol. The summed E-state index contributed by atoms with van der Waals surface area (Å²) < 4.78 is 4.87. The van der Waals surface area contributed by atoms with E-state index in [9.17, 15) is 0 Å². The molecule has 8 rings (SSSR count). The Balaban J connectivity index is 0.000000214. The standard InChI is InChI=1S/C21H25.2C13H10.C5H5.2ClH.Zr/c1-20(2,3)16-9-7-14-11-15-8-10-17(21(4,5)6)13-19(15)18(14)12-16;2*1-11-7-9-13(10-8-11)12-5-3-2-4-6-12;1-2-4-5-3-1;;;/h7-13H,1-6H3;2*1-10H;1-3H,4H2;2*1H;/q-1;;;-1;;;/p-2. The first-order valence-corrected chi connectivity index (χ1v) is 21.5. The summed E-state index contributed by atoms with van der Waals surface area (Å²) in [6.45, 7) is 13.7. The van der Waals surface area contributed by atoms with Crippen molar-refractivity contribution in [2.45, 2.75) is 58.8 Å². The summed E-state index contributed by atoms with van der Waals surface area (Å²) in [5.41, 5.74) is 11.0. The molecule has 0 saturated heterocycles. The largest absolute Gasteiger partial charge is 1.00 e. The third kappa shape index (κ3) is 12.2. The maximum absolute atomic E-state index is 2.99. The van der Waals surface area contributed by atoms with E-state index in [0.717, 1.165) is 6.42 Å². The Hall–Kier alpha value is -4.13. The van der Waals surface area contributed by atoms with Crippen LogP contribution in [0.5, 0.6) is 0 Å². The summed E-state index contributed by atoms with van der Waals surface area (Å²) in [6, 6.07) is 55.0. The van der Waals surface area contributed by atoms with Crippen LogP contribution in [0.25, 0.3) is 43.8 Å². The summed E-state index contributed by atoms with van der Waals surface area (Å²) in [5.74, 6) is 0.